The van der Waals surface area contributed by atoms with Crippen LogP contribution in [0, 0.1) is 11.8 Å². The number of aliphatic hydroxyl groups is 1. The first-order chi connectivity index (χ1) is 6.72. The van der Waals surface area contributed by atoms with E-state index in [0.717, 1.165) is 31.3 Å². The van der Waals surface area contributed by atoms with Crippen molar-refractivity contribution >= 4 is 0 Å². The molecule has 1 saturated heterocycles. The van der Waals surface area contributed by atoms with E-state index in [1.54, 1.807) is 0 Å². The summed E-state index contributed by atoms with van der Waals surface area (Å²) < 4.78 is 0. The second kappa shape index (κ2) is 4.19. The van der Waals surface area contributed by atoms with Gasteiger partial charge in [0.2, 0.25) is 0 Å². The lowest BCUT2D eigenvalue weighted by Gasteiger charge is -2.41. The molecule has 2 fully saturated rings. The highest BCUT2D eigenvalue weighted by Gasteiger charge is 2.37. The molecule has 0 aromatic carbocycles. The zero-order chi connectivity index (χ0) is 10.0. The molecule has 1 aliphatic carbocycles. The maximum Gasteiger partial charge on any atom is 0.0897 e. The summed E-state index contributed by atoms with van der Waals surface area (Å²) in [5.41, 5.74) is -0.344. The monoisotopic (exact) mass is 197 g/mol. The first-order valence-electron chi connectivity index (χ1n) is 6.15. The van der Waals surface area contributed by atoms with E-state index in [1.165, 1.54) is 32.1 Å². The van der Waals surface area contributed by atoms with Crippen LogP contribution in [0.1, 0.15) is 45.4 Å². The lowest BCUT2D eigenvalue weighted by Crippen LogP contribution is -2.60. The normalized spacial score (nSPS) is 36.4. The number of rotatable bonds is 3. The highest BCUT2D eigenvalue weighted by Crippen LogP contribution is 2.35. The van der Waals surface area contributed by atoms with Gasteiger partial charge in [-0.2, -0.15) is 0 Å². The SMILES string of the molecule is CCC1CCC(CC2(O)CNC2)CC1. The lowest BCUT2D eigenvalue weighted by atomic mass is 9.75. The van der Waals surface area contributed by atoms with Gasteiger partial charge in [0.1, 0.15) is 0 Å². The van der Waals surface area contributed by atoms with Gasteiger partial charge in [-0.3, -0.25) is 0 Å². The maximum atomic E-state index is 10.0. The maximum absolute atomic E-state index is 10.0. The third-order valence-electron chi connectivity index (χ3n) is 4.12. The van der Waals surface area contributed by atoms with Crippen LogP contribution in [0.5, 0.6) is 0 Å². The lowest BCUT2D eigenvalue weighted by molar-refractivity contribution is -0.0358. The van der Waals surface area contributed by atoms with Crippen molar-refractivity contribution < 1.29 is 5.11 Å². The second-order valence-electron chi connectivity index (χ2n) is 5.33. The molecular weight excluding hydrogens is 174 g/mol. The molecule has 82 valence electrons. The van der Waals surface area contributed by atoms with E-state index in [2.05, 4.69) is 12.2 Å². The van der Waals surface area contributed by atoms with E-state index in [4.69, 9.17) is 0 Å². The topological polar surface area (TPSA) is 32.3 Å². The van der Waals surface area contributed by atoms with Crippen LogP contribution in [-0.4, -0.2) is 23.8 Å². The van der Waals surface area contributed by atoms with Crippen molar-refractivity contribution in [1.29, 1.82) is 0 Å². The van der Waals surface area contributed by atoms with Crippen LogP contribution in [-0.2, 0) is 0 Å². The van der Waals surface area contributed by atoms with E-state index in [-0.39, 0.29) is 5.60 Å². The van der Waals surface area contributed by atoms with Gasteiger partial charge in [0, 0.05) is 13.1 Å². The summed E-state index contributed by atoms with van der Waals surface area (Å²) in [6.45, 7) is 3.94. The van der Waals surface area contributed by atoms with Crippen LogP contribution in [0.15, 0.2) is 0 Å². The van der Waals surface area contributed by atoms with E-state index in [9.17, 15) is 5.11 Å². The average molecular weight is 197 g/mol. The number of hydrogen-bond acceptors (Lipinski definition) is 2. The third-order valence-corrected chi connectivity index (χ3v) is 4.12. The molecule has 0 bridgehead atoms. The van der Waals surface area contributed by atoms with Crippen LogP contribution in [0.3, 0.4) is 0 Å². The summed E-state index contributed by atoms with van der Waals surface area (Å²) in [7, 11) is 0. The molecule has 2 nitrogen and oxygen atoms in total. The highest BCUT2D eigenvalue weighted by atomic mass is 16.3. The zero-order valence-electron chi connectivity index (χ0n) is 9.26. The summed E-state index contributed by atoms with van der Waals surface area (Å²) in [6.07, 6.45) is 7.87. The highest BCUT2D eigenvalue weighted by molar-refractivity contribution is 4.94. The third kappa shape index (κ3) is 2.29. The quantitative estimate of drug-likeness (QED) is 0.724. The Morgan fingerprint density at radius 2 is 1.71 bits per heavy atom. The van der Waals surface area contributed by atoms with Crippen LogP contribution < -0.4 is 5.32 Å². The first-order valence-corrected chi connectivity index (χ1v) is 6.15. The van der Waals surface area contributed by atoms with E-state index < -0.39 is 0 Å². The van der Waals surface area contributed by atoms with Crippen molar-refractivity contribution in [3.8, 4) is 0 Å². The standard InChI is InChI=1S/C12H23NO/c1-2-10-3-5-11(6-4-10)7-12(14)8-13-9-12/h10-11,13-14H,2-9H2,1H3. The molecule has 0 radical (unpaired) electrons. The van der Waals surface area contributed by atoms with E-state index in [0.29, 0.717) is 0 Å². The Bertz CT molecular complexity index is 181. The molecule has 1 aliphatic heterocycles. The van der Waals surface area contributed by atoms with Crippen molar-refractivity contribution in [1.82, 2.24) is 5.32 Å². The molecule has 2 rings (SSSR count). The minimum absolute atomic E-state index is 0.344. The number of β-amino-alcohol motifs (C(OH)–C–C–N with tert-alkyl or cyclic N) is 1. The van der Waals surface area contributed by atoms with Gasteiger partial charge in [-0.25, -0.2) is 0 Å². The van der Waals surface area contributed by atoms with Gasteiger partial charge in [0.05, 0.1) is 5.60 Å². The van der Waals surface area contributed by atoms with Crippen molar-refractivity contribution in [2.24, 2.45) is 11.8 Å². The van der Waals surface area contributed by atoms with Crippen LogP contribution in [0.25, 0.3) is 0 Å². The number of nitrogens with one attached hydrogen (secondary N) is 1. The van der Waals surface area contributed by atoms with Crippen molar-refractivity contribution in [2.45, 2.75) is 51.0 Å². The summed E-state index contributed by atoms with van der Waals surface area (Å²) in [5.74, 6) is 1.77. The van der Waals surface area contributed by atoms with Gasteiger partial charge in [0.25, 0.3) is 0 Å². The molecule has 0 aromatic heterocycles. The van der Waals surface area contributed by atoms with Crippen molar-refractivity contribution in [3.05, 3.63) is 0 Å². The minimum atomic E-state index is -0.344. The van der Waals surface area contributed by atoms with Gasteiger partial charge >= 0.3 is 0 Å². The summed E-state index contributed by atoms with van der Waals surface area (Å²) in [5, 5.41) is 13.2. The molecule has 0 spiro atoms. The molecule has 2 heteroatoms. The Kier molecular flexibility index (Phi) is 3.13. The molecule has 0 unspecified atom stereocenters. The molecule has 14 heavy (non-hydrogen) atoms. The predicted molar refractivity (Wildman–Crippen MR) is 58.2 cm³/mol. The van der Waals surface area contributed by atoms with Crippen LogP contribution in [0.4, 0.5) is 0 Å². The summed E-state index contributed by atoms with van der Waals surface area (Å²) in [4.78, 5) is 0. The van der Waals surface area contributed by atoms with E-state index in [1.807, 2.05) is 0 Å². The van der Waals surface area contributed by atoms with Crippen molar-refractivity contribution in [2.75, 3.05) is 13.1 Å². The van der Waals surface area contributed by atoms with Crippen LogP contribution in [0.2, 0.25) is 0 Å². The van der Waals surface area contributed by atoms with Gasteiger partial charge in [-0.05, 0) is 18.3 Å². The Morgan fingerprint density at radius 3 is 2.14 bits per heavy atom. The van der Waals surface area contributed by atoms with Crippen LogP contribution >= 0.6 is 0 Å². The van der Waals surface area contributed by atoms with Gasteiger partial charge in [-0.1, -0.05) is 39.0 Å². The van der Waals surface area contributed by atoms with E-state index >= 15 is 0 Å². The molecule has 0 atom stereocenters. The Morgan fingerprint density at radius 1 is 1.14 bits per heavy atom. The van der Waals surface area contributed by atoms with Gasteiger partial charge < -0.3 is 10.4 Å². The smallest absolute Gasteiger partial charge is 0.0897 e. The first kappa shape index (κ1) is 10.4. The predicted octanol–water partition coefficient (Wildman–Crippen LogP) is 1.93. The molecule has 2 aliphatic rings. The Hall–Kier alpha value is -0.0800. The molecule has 0 aromatic rings. The molecule has 2 N–H and O–H groups in total. The second-order valence-corrected chi connectivity index (χ2v) is 5.33. The zero-order valence-corrected chi connectivity index (χ0v) is 9.26. The van der Waals surface area contributed by atoms with Crippen molar-refractivity contribution in [3.63, 3.8) is 0 Å². The Labute approximate surface area is 87.1 Å². The molecule has 1 saturated carbocycles. The average Bonchev–Trinajstić information content (AvgIpc) is 2.17. The fourth-order valence-electron chi connectivity index (χ4n) is 2.94. The minimum Gasteiger partial charge on any atom is -0.387 e. The molecule has 0 amide bonds. The number of hydrogen-bond donors (Lipinski definition) is 2. The Balaban J connectivity index is 1.73. The van der Waals surface area contributed by atoms with Gasteiger partial charge in [-0.15, -0.1) is 0 Å². The summed E-state index contributed by atoms with van der Waals surface area (Å²) in [6, 6.07) is 0. The summed E-state index contributed by atoms with van der Waals surface area (Å²) >= 11 is 0. The largest absolute Gasteiger partial charge is 0.387 e. The molecule has 1 heterocycles. The fourth-order valence-corrected chi connectivity index (χ4v) is 2.94. The van der Waals surface area contributed by atoms with Gasteiger partial charge in [0.15, 0.2) is 0 Å². The fraction of sp³-hybridized carbons (Fsp3) is 1.00. The molecular formula is C12H23NO.